The fraction of sp³-hybridized carbons (Fsp3) is 0.806. The third kappa shape index (κ3) is 7.63. The van der Waals surface area contributed by atoms with E-state index >= 15 is 0 Å². The summed E-state index contributed by atoms with van der Waals surface area (Å²) in [6.45, 7) is 10.7. The van der Waals surface area contributed by atoms with Crippen molar-refractivity contribution in [3.8, 4) is 0 Å². The van der Waals surface area contributed by atoms with Gasteiger partial charge in [-0.05, 0) is 63.7 Å². The number of nitrogens with zero attached hydrogens (tertiary/aromatic N) is 4. The van der Waals surface area contributed by atoms with Crippen molar-refractivity contribution in [1.82, 2.24) is 46.8 Å². The summed E-state index contributed by atoms with van der Waals surface area (Å²) in [5, 5.41) is 9.72. The average Bonchev–Trinajstić information content (AvgIpc) is 3.07. The van der Waals surface area contributed by atoms with Gasteiger partial charge >= 0.3 is 0 Å². The topological polar surface area (TPSA) is 176 Å². The first-order valence-corrected chi connectivity index (χ1v) is 16.9. The normalized spacial score (nSPS) is 31.8. The van der Waals surface area contributed by atoms with Crippen LogP contribution in [-0.4, -0.2) is 118 Å². The first-order valence-electron chi connectivity index (χ1n) is 16.9. The molecule has 0 aromatic heterocycles. The Labute approximate surface area is 271 Å². The Morgan fingerprint density at radius 2 is 1.17 bits per heavy atom. The zero-order chi connectivity index (χ0) is 33.7. The first kappa shape index (κ1) is 35.6. The van der Waals surface area contributed by atoms with Gasteiger partial charge in [0.05, 0.1) is 0 Å². The van der Waals surface area contributed by atoms with E-state index in [1.165, 1.54) is 27.0 Å². The minimum atomic E-state index is -0.975. The molecule has 4 saturated heterocycles. The third-order valence-electron chi connectivity index (χ3n) is 9.73. The van der Waals surface area contributed by atoms with Gasteiger partial charge < -0.3 is 15.5 Å². The van der Waals surface area contributed by atoms with Gasteiger partial charge in [0.1, 0.15) is 36.3 Å². The van der Waals surface area contributed by atoms with Crippen LogP contribution in [0.1, 0.15) is 86.0 Å². The van der Waals surface area contributed by atoms with E-state index in [-0.39, 0.29) is 11.8 Å². The summed E-state index contributed by atoms with van der Waals surface area (Å²) in [6, 6.07) is -5.61. The van der Waals surface area contributed by atoms with Crippen LogP contribution in [0.2, 0.25) is 0 Å². The Balaban J connectivity index is 1.78. The van der Waals surface area contributed by atoms with Gasteiger partial charge in [0.15, 0.2) is 0 Å². The quantitative estimate of drug-likeness (QED) is 0.267. The number of rotatable bonds is 4. The minimum Gasteiger partial charge on any atom is -0.342 e. The molecule has 0 aliphatic carbocycles. The monoisotopic (exact) mass is 647 g/mol. The smallest absolute Gasteiger partial charge is 0.261 e. The van der Waals surface area contributed by atoms with Gasteiger partial charge in [-0.2, -0.15) is 0 Å². The highest BCUT2D eigenvalue weighted by Gasteiger charge is 2.46. The van der Waals surface area contributed by atoms with Crippen molar-refractivity contribution in [1.29, 1.82) is 0 Å². The van der Waals surface area contributed by atoms with Gasteiger partial charge in [-0.3, -0.25) is 43.8 Å². The van der Waals surface area contributed by atoms with Crippen LogP contribution in [0.4, 0.5) is 0 Å². The van der Waals surface area contributed by atoms with E-state index in [0.29, 0.717) is 71.0 Å². The van der Waals surface area contributed by atoms with Gasteiger partial charge in [0, 0.05) is 26.7 Å². The molecule has 15 heteroatoms. The highest BCUT2D eigenvalue weighted by Crippen LogP contribution is 2.23. The lowest BCUT2D eigenvalue weighted by molar-refractivity contribution is -0.164. The van der Waals surface area contributed by atoms with E-state index in [0.717, 1.165) is 0 Å². The maximum atomic E-state index is 14.2. The van der Waals surface area contributed by atoms with Gasteiger partial charge in [-0.25, -0.2) is 16.3 Å². The summed E-state index contributed by atoms with van der Waals surface area (Å²) < 4.78 is 0. The van der Waals surface area contributed by atoms with Crippen molar-refractivity contribution in [3.05, 3.63) is 0 Å². The van der Waals surface area contributed by atoms with Crippen LogP contribution in [0.25, 0.3) is 0 Å². The van der Waals surface area contributed by atoms with Crippen LogP contribution in [0, 0.1) is 11.8 Å². The molecule has 4 rings (SSSR count). The van der Waals surface area contributed by atoms with Crippen LogP contribution in [0.3, 0.4) is 0 Å². The van der Waals surface area contributed by atoms with Gasteiger partial charge in [-0.15, -0.1) is 0 Å². The fourth-order valence-corrected chi connectivity index (χ4v) is 6.62. The molecule has 0 aromatic rings. The lowest BCUT2D eigenvalue weighted by atomic mass is 9.95. The second-order valence-corrected chi connectivity index (χ2v) is 13.5. The number of carbonyl (C=O) groups is 6. The molecule has 0 spiro atoms. The molecule has 5 N–H and O–H groups in total. The number of fused-ring (bicyclic) bond motifs is 3. The van der Waals surface area contributed by atoms with Crippen LogP contribution in [0.15, 0.2) is 0 Å². The highest BCUT2D eigenvalue weighted by molar-refractivity contribution is 5.98. The predicted octanol–water partition coefficient (Wildman–Crippen LogP) is -0.604. The van der Waals surface area contributed by atoms with Crippen molar-refractivity contribution < 1.29 is 28.8 Å². The number of hydrogen-bond acceptors (Lipinski definition) is 9. The molecule has 0 aromatic carbocycles. The fourth-order valence-electron chi connectivity index (χ4n) is 6.62. The summed E-state index contributed by atoms with van der Waals surface area (Å²) in [4.78, 5) is 85.3. The van der Waals surface area contributed by atoms with E-state index in [9.17, 15) is 28.8 Å². The Hall–Kier alpha value is -3.30. The van der Waals surface area contributed by atoms with Gasteiger partial charge in [0.2, 0.25) is 17.7 Å². The van der Waals surface area contributed by atoms with Crippen molar-refractivity contribution in [2.45, 2.75) is 122 Å². The minimum absolute atomic E-state index is 0.0318. The second-order valence-electron chi connectivity index (χ2n) is 13.5. The number of carbonyl (C=O) groups excluding carboxylic acids is 6. The molecule has 0 radical (unpaired) electrons. The summed E-state index contributed by atoms with van der Waals surface area (Å²) >= 11 is 0. The predicted molar refractivity (Wildman–Crippen MR) is 169 cm³/mol. The Bertz CT molecular complexity index is 1170. The molecular weight excluding hydrogens is 594 g/mol. The Morgan fingerprint density at radius 1 is 0.674 bits per heavy atom. The number of hydrazine groups is 3. The largest absolute Gasteiger partial charge is 0.342 e. The maximum Gasteiger partial charge on any atom is 0.261 e. The van der Waals surface area contributed by atoms with E-state index in [4.69, 9.17) is 0 Å². The maximum absolute atomic E-state index is 14.2. The average molecular weight is 648 g/mol. The summed E-state index contributed by atoms with van der Waals surface area (Å²) in [7, 11) is 1.53. The lowest BCUT2D eigenvalue weighted by Gasteiger charge is -2.44. The number of amides is 6. The molecule has 4 aliphatic rings. The molecular formula is C31H53N9O6. The zero-order valence-electron chi connectivity index (χ0n) is 28.1. The van der Waals surface area contributed by atoms with E-state index in [2.05, 4.69) is 26.9 Å². The molecule has 0 bridgehead atoms. The molecule has 258 valence electrons. The summed E-state index contributed by atoms with van der Waals surface area (Å²) in [5.74, 6) is -2.99. The molecule has 4 aliphatic heterocycles. The zero-order valence-corrected chi connectivity index (χ0v) is 28.1. The Kier molecular flexibility index (Phi) is 12.0. The number of likely N-dealkylation sites (N-methyl/N-ethyl adjacent to an activating group) is 1. The molecule has 4 heterocycles. The molecule has 7 unspecified atom stereocenters. The van der Waals surface area contributed by atoms with Crippen LogP contribution < -0.4 is 26.9 Å². The molecule has 0 saturated carbocycles. The first-order chi connectivity index (χ1) is 21.9. The van der Waals surface area contributed by atoms with E-state index in [1.54, 1.807) is 6.92 Å². The van der Waals surface area contributed by atoms with Crippen molar-refractivity contribution >= 4 is 35.4 Å². The Morgan fingerprint density at radius 3 is 1.72 bits per heavy atom. The lowest BCUT2D eigenvalue weighted by Crippen LogP contribution is -2.69. The summed E-state index contributed by atoms with van der Waals surface area (Å²) in [6.07, 6.45) is 3.91. The van der Waals surface area contributed by atoms with Crippen molar-refractivity contribution in [3.63, 3.8) is 0 Å². The van der Waals surface area contributed by atoms with Crippen LogP contribution in [0.5, 0.6) is 0 Å². The van der Waals surface area contributed by atoms with Crippen molar-refractivity contribution in [2.24, 2.45) is 11.8 Å². The number of hydrogen-bond donors (Lipinski definition) is 5. The van der Waals surface area contributed by atoms with Crippen LogP contribution in [-0.2, 0) is 28.8 Å². The molecule has 4 fully saturated rings. The van der Waals surface area contributed by atoms with Crippen molar-refractivity contribution in [2.75, 3.05) is 26.7 Å². The third-order valence-corrected chi connectivity index (χ3v) is 9.73. The summed E-state index contributed by atoms with van der Waals surface area (Å²) in [5.41, 5.74) is 9.21. The van der Waals surface area contributed by atoms with E-state index in [1.807, 2.05) is 27.7 Å². The van der Waals surface area contributed by atoms with E-state index < -0.39 is 71.7 Å². The van der Waals surface area contributed by atoms with Gasteiger partial charge in [0.25, 0.3) is 17.7 Å². The van der Waals surface area contributed by atoms with Gasteiger partial charge in [-0.1, -0.05) is 34.1 Å². The molecule has 6 amide bonds. The molecule has 46 heavy (non-hydrogen) atoms. The highest BCUT2D eigenvalue weighted by atomic mass is 16.2. The molecule has 15 nitrogen and oxygen atoms in total. The SMILES string of the molecule is CCC(C)C1NC(=O)C(CC(C)C)NC(=O)C2CCCNN2C(=O)C(C)N(C)C(=O)C2CCCNN2C(=O)C2CCCNN2C1=O. The molecule has 7 atom stereocenters. The van der Waals surface area contributed by atoms with Crippen LogP contribution >= 0.6 is 0 Å². The number of nitrogens with one attached hydrogen (secondary N) is 5. The standard InChI is InChI=1S/C31H53N9O6/c1-7-19(4)25-31(46)40-24(13-10-16-34-40)30(45)39-23(12-9-15-33-39)29(44)37(6)20(5)28(43)38-22(11-8-14-32-38)27(42)35-21(17-18(2)3)26(41)36-25/h18-25,32-34H,7-17H2,1-6H3,(H,35,42)(H,36,41). The second kappa shape index (κ2) is 15.5.